The highest BCUT2D eigenvalue weighted by Gasteiger charge is 2.17. The summed E-state index contributed by atoms with van der Waals surface area (Å²) in [6, 6.07) is 0.310. The number of amides is 1. The van der Waals surface area contributed by atoms with Crippen LogP contribution in [0, 0.1) is 11.3 Å². The summed E-state index contributed by atoms with van der Waals surface area (Å²) in [6.45, 7) is 11.6. The smallest absolute Gasteiger partial charge is 0.243 e. The maximum atomic E-state index is 11.8. The summed E-state index contributed by atoms with van der Waals surface area (Å²) in [6.07, 6.45) is 3.29. The van der Waals surface area contributed by atoms with Crippen LogP contribution in [-0.4, -0.2) is 63.2 Å². The Hall–Kier alpha value is -1.30. The van der Waals surface area contributed by atoms with Gasteiger partial charge in [0.25, 0.3) is 0 Å². The standard InChI is InChI=1S/C18H36N4O2/c1-14(7-9-18(2,3)4)21-17(20-12-16(23)22(5)6)19-11-15-8-10-24-13-15/h14-15H,7-13H2,1-6H3,(H2,19,20,21). The molecule has 6 nitrogen and oxygen atoms in total. The van der Waals surface area contributed by atoms with Gasteiger partial charge in [0, 0.05) is 39.2 Å². The number of ether oxygens (including phenoxy) is 1. The van der Waals surface area contributed by atoms with E-state index in [4.69, 9.17) is 4.74 Å². The average molecular weight is 341 g/mol. The van der Waals surface area contributed by atoms with Crippen LogP contribution in [0.15, 0.2) is 4.99 Å². The van der Waals surface area contributed by atoms with E-state index in [1.165, 1.54) is 0 Å². The fourth-order valence-corrected chi connectivity index (χ4v) is 2.38. The quantitative estimate of drug-likeness (QED) is 0.548. The van der Waals surface area contributed by atoms with Crippen LogP contribution in [0.3, 0.4) is 0 Å². The fourth-order valence-electron chi connectivity index (χ4n) is 2.38. The molecule has 0 spiro atoms. The Morgan fingerprint density at radius 2 is 2.08 bits per heavy atom. The fraction of sp³-hybridized carbons (Fsp3) is 0.889. The number of carbonyl (C=O) groups excluding carboxylic acids is 1. The van der Waals surface area contributed by atoms with Gasteiger partial charge in [-0.1, -0.05) is 20.8 Å². The summed E-state index contributed by atoms with van der Waals surface area (Å²) in [4.78, 5) is 17.8. The third-order valence-electron chi connectivity index (χ3n) is 4.16. The number of hydrogen-bond donors (Lipinski definition) is 2. The van der Waals surface area contributed by atoms with Gasteiger partial charge < -0.3 is 20.3 Å². The minimum absolute atomic E-state index is 0.00245. The highest BCUT2D eigenvalue weighted by atomic mass is 16.5. The van der Waals surface area contributed by atoms with Crippen LogP contribution >= 0.6 is 0 Å². The van der Waals surface area contributed by atoms with Crippen LogP contribution in [-0.2, 0) is 9.53 Å². The molecule has 0 bridgehead atoms. The molecular formula is C18H36N4O2. The molecule has 1 heterocycles. The molecule has 2 N–H and O–H groups in total. The van der Waals surface area contributed by atoms with E-state index < -0.39 is 0 Å². The second kappa shape index (κ2) is 9.87. The summed E-state index contributed by atoms with van der Waals surface area (Å²) in [5, 5.41) is 6.81. The summed E-state index contributed by atoms with van der Waals surface area (Å²) in [7, 11) is 3.50. The maximum Gasteiger partial charge on any atom is 0.243 e. The van der Waals surface area contributed by atoms with E-state index in [0.717, 1.165) is 45.0 Å². The lowest BCUT2D eigenvalue weighted by Gasteiger charge is -2.23. The first kappa shape index (κ1) is 20.7. The predicted molar refractivity (Wildman–Crippen MR) is 99.2 cm³/mol. The lowest BCUT2D eigenvalue weighted by atomic mass is 9.89. The molecule has 1 saturated heterocycles. The lowest BCUT2D eigenvalue weighted by molar-refractivity contribution is -0.127. The molecule has 1 aliphatic rings. The third-order valence-corrected chi connectivity index (χ3v) is 4.16. The van der Waals surface area contributed by atoms with E-state index in [9.17, 15) is 4.79 Å². The molecule has 1 amide bonds. The minimum Gasteiger partial charge on any atom is -0.381 e. The molecule has 0 aliphatic carbocycles. The number of hydrogen-bond acceptors (Lipinski definition) is 3. The van der Waals surface area contributed by atoms with E-state index in [0.29, 0.717) is 17.4 Å². The Morgan fingerprint density at radius 1 is 1.38 bits per heavy atom. The SMILES string of the molecule is CC(CCC(C)(C)C)NC(=NCC(=O)N(C)C)NCC1CCOC1. The molecule has 1 fully saturated rings. The Morgan fingerprint density at radius 3 is 2.62 bits per heavy atom. The monoisotopic (exact) mass is 340 g/mol. The van der Waals surface area contributed by atoms with E-state index in [-0.39, 0.29) is 12.5 Å². The molecule has 2 unspecified atom stereocenters. The zero-order valence-corrected chi connectivity index (χ0v) is 16.3. The number of carbonyl (C=O) groups is 1. The second-order valence-electron chi connectivity index (χ2n) is 8.21. The Balaban J connectivity index is 2.54. The Bertz CT molecular complexity index is 410. The summed E-state index contributed by atoms with van der Waals surface area (Å²) in [5.41, 5.74) is 0.322. The second-order valence-corrected chi connectivity index (χ2v) is 8.21. The molecule has 1 aliphatic heterocycles. The Labute approximate surface area is 147 Å². The molecular weight excluding hydrogens is 304 g/mol. The number of rotatable bonds is 7. The van der Waals surface area contributed by atoms with Crippen LogP contribution in [0.2, 0.25) is 0 Å². The van der Waals surface area contributed by atoms with Gasteiger partial charge in [0.15, 0.2) is 5.96 Å². The van der Waals surface area contributed by atoms with Gasteiger partial charge in [-0.15, -0.1) is 0 Å². The molecule has 0 saturated carbocycles. The topological polar surface area (TPSA) is 66.0 Å². The van der Waals surface area contributed by atoms with Gasteiger partial charge in [-0.05, 0) is 31.6 Å². The predicted octanol–water partition coefficient (Wildman–Crippen LogP) is 1.86. The number of aliphatic imine (C=N–C) groups is 1. The zero-order chi connectivity index (χ0) is 18.2. The van der Waals surface area contributed by atoms with Gasteiger partial charge in [0.05, 0.1) is 6.61 Å². The maximum absolute atomic E-state index is 11.8. The van der Waals surface area contributed by atoms with Gasteiger partial charge in [0.2, 0.25) is 5.91 Å². The van der Waals surface area contributed by atoms with Crippen molar-refractivity contribution in [1.29, 1.82) is 0 Å². The highest BCUT2D eigenvalue weighted by Crippen LogP contribution is 2.21. The molecule has 0 aromatic rings. The van der Waals surface area contributed by atoms with Crippen molar-refractivity contribution in [3.8, 4) is 0 Å². The largest absolute Gasteiger partial charge is 0.381 e. The van der Waals surface area contributed by atoms with E-state index in [1.807, 2.05) is 0 Å². The van der Waals surface area contributed by atoms with Crippen molar-refractivity contribution in [2.75, 3.05) is 40.4 Å². The van der Waals surface area contributed by atoms with E-state index >= 15 is 0 Å². The number of likely N-dealkylation sites (N-methyl/N-ethyl adjacent to an activating group) is 1. The van der Waals surface area contributed by atoms with Crippen molar-refractivity contribution >= 4 is 11.9 Å². The van der Waals surface area contributed by atoms with Crippen LogP contribution in [0.5, 0.6) is 0 Å². The van der Waals surface area contributed by atoms with Crippen molar-refractivity contribution in [3.05, 3.63) is 0 Å². The van der Waals surface area contributed by atoms with Crippen molar-refractivity contribution < 1.29 is 9.53 Å². The summed E-state index contributed by atoms with van der Waals surface area (Å²) < 4.78 is 5.42. The number of nitrogens with one attached hydrogen (secondary N) is 2. The van der Waals surface area contributed by atoms with E-state index in [1.54, 1.807) is 19.0 Å². The van der Waals surface area contributed by atoms with Gasteiger partial charge in [0.1, 0.15) is 6.54 Å². The lowest BCUT2D eigenvalue weighted by Crippen LogP contribution is -2.45. The first-order valence-electron chi connectivity index (χ1n) is 9.00. The first-order chi connectivity index (χ1) is 11.2. The van der Waals surface area contributed by atoms with E-state index in [2.05, 4.69) is 43.3 Å². The summed E-state index contributed by atoms with van der Waals surface area (Å²) in [5.74, 6) is 1.24. The van der Waals surface area contributed by atoms with Crippen LogP contribution in [0.4, 0.5) is 0 Å². The van der Waals surface area contributed by atoms with Crippen molar-refractivity contribution in [2.45, 2.75) is 53.0 Å². The van der Waals surface area contributed by atoms with Crippen molar-refractivity contribution in [1.82, 2.24) is 15.5 Å². The molecule has 2 atom stereocenters. The molecule has 0 aromatic carbocycles. The van der Waals surface area contributed by atoms with Gasteiger partial charge in [-0.25, -0.2) is 4.99 Å². The zero-order valence-electron chi connectivity index (χ0n) is 16.3. The van der Waals surface area contributed by atoms with Crippen molar-refractivity contribution in [3.63, 3.8) is 0 Å². The average Bonchev–Trinajstić information content (AvgIpc) is 3.00. The van der Waals surface area contributed by atoms with Gasteiger partial charge >= 0.3 is 0 Å². The number of nitrogens with zero attached hydrogens (tertiary/aromatic N) is 2. The van der Waals surface area contributed by atoms with Gasteiger partial charge in [-0.2, -0.15) is 0 Å². The van der Waals surface area contributed by atoms with Crippen LogP contribution in [0.1, 0.15) is 47.0 Å². The van der Waals surface area contributed by atoms with Crippen LogP contribution in [0.25, 0.3) is 0 Å². The summed E-state index contributed by atoms with van der Waals surface area (Å²) >= 11 is 0. The first-order valence-corrected chi connectivity index (χ1v) is 9.00. The minimum atomic E-state index is 0.00245. The molecule has 6 heteroatoms. The molecule has 24 heavy (non-hydrogen) atoms. The molecule has 0 radical (unpaired) electrons. The third kappa shape index (κ3) is 9.11. The van der Waals surface area contributed by atoms with Crippen molar-refractivity contribution in [2.24, 2.45) is 16.3 Å². The molecule has 1 rings (SSSR count). The Kier molecular flexibility index (Phi) is 8.53. The van der Waals surface area contributed by atoms with Gasteiger partial charge in [-0.3, -0.25) is 4.79 Å². The van der Waals surface area contributed by atoms with Crippen LogP contribution < -0.4 is 10.6 Å². The normalized spacial score (nSPS) is 19.9. The number of guanidine groups is 1. The molecule has 0 aromatic heterocycles. The molecule has 140 valence electrons. The highest BCUT2D eigenvalue weighted by molar-refractivity contribution is 5.84.